The van der Waals surface area contributed by atoms with Crippen LogP contribution >= 0.6 is 0 Å². The Morgan fingerprint density at radius 2 is 1.94 bits per heavy atom. The van der Waals surface area contributed by atoms with Crippen LogP contribution in [0, 0.1) is 0 Å². The van der Waals surface area contributed by atoms with Crippen LogP contribution in [0.25, 0.3) is 5.82 Å². The summed E-state index contributed by atoms with van der Waals surface area (Å²) < 4.78 is 49.0. The number of hydrogen-bond donors (Lipinski definition) is 2. The van der Waals surface area contributed by atoms with Crippen molar-refractivity contribution in [2.45, 2.75) is 12.7 Å². The van der Waals surface area contributed by atoms with Crippen molar-refractivity contribution >= 4 is 17.9 Å². The van der Waals surface area contributed by atoms with Gasteiger partial charge in [0.25, 0.3) is 5.91 Å². The van der Waals surface area contributed by atoms with Crippen molar-refractivity contribution in [1.29, 1.82) is 0 Å². The van der Waals surface area contributed by atoms with Crippen molar-refractivity contribution in [3.05, 3.63) is 46.8 Å². The van der Waals surface area contributed by atoms with Gasteiger partial charge < -0.3 is 10.5 Å². The number of nitrogens with two attached hydrogens (primary N) is 1. The number of hydrogen-bond acceptors (Lipinski definition) is 10. The molecule has 1 aliphatic rings. The van der Waals surface area contributed by atoms with Crippen molar-refractivity contribution in [2.75, 3.05) is 32.0 Å². The Morgan fingerprint density at radius 1 is 1.21 bits per heavy atom. The van der Waals surface area contributed by atoms with Crippen LogP contribution in [0.1, 0.15) is 27.3 Å². The molecule has 1 aromatic carbocycles. The summed E-state index contributed by atoms with van der Waals surface area (Å²) in [6, 6.07) is 4.30. The molecule has 0 saturated carbocycles. The number of aromatic nitrogens is 5. The molecule has 1 aliphatic heterocycles. The van der Waals surface area contributed by atoms with Gasteiger partial charge in [-0.05, 0) is 28.0 Å². The van der Waals surface area contributed by atoms with E-state index >= 15 is 0 Å². The van der Waals surface area contributed by atoms with Crippen LogP contribution in [0.5, 0.6) is 0 Å². The van der Waals surface area contributed by atoms with Gasteiger partial charge in [0.2, 0.25) is 11.6 Å². The first-order valence-corrected chi connectivity index (χ1v) is 9.66. The highest BCUT2D eigenvalue weighted by atomic mass is 19.4. The van der Waals surface area contributed by atoms with E-state index in [9.17, 15) is 18.0 Å². The Morgan fingerprint density at radius 3 is 2.58 bits per heavy atom. The van der Waals surface area contributed by atoms with Crippen LogP contribution in [0.4, 0.5) is 19.0 Å². The molecule has 3 aromatic rings. The average molecular weight is 465 g/mol. The van der Waals surface area contributed by atoms with E-state index in [0.717, 1.165) is 16.8 Å². The second-order valence-corrected chi connectivity index (χ2v) is 6.98. The van der Waals surface area contributed by atoms with E-state index in [1.54, 1.807) is 0 Å². The van der Waals surface area contributed by atoms with Crippen LogP contribution in [-0.4, -0.2) is 68.6 Å². The molecule has 1 fully saturated rings. The summed E-state index contributed by atoms with van der Waals surface area (Å²) in [7, 11) is 0. The zero-order chi connectivity index (χ0) is 23.4. The van der Waals surface area contributed by atoms with Gasteiger partial charge in [0.1, 0.15) is 5.69 Å². The summed E-state index contributed by atoms with van der Waals surface area (Å²) in [5.74, 6) is -0.804. The number of alkyl halides is 3. The van der Waals surface area contributed by atoms with E-state index < -0.39 is 17.6 Å². The first-order chi connectivity index (χ1) is 15.8. The molecule has 1 saturated heterocycles. The molecular formula is C18H18F3N9O3. The molecular weight excluding hydrogens is 447 g/mol. The number of nitrogen functional groups attached to an aromatic ring is 1. The maximum absolute atomic E-state index is 12.9. The van der Waals surface area contributed by atoms with Crippen molar-refractivity contribution in [3.8, 4) is 5.82 Å². The second-order valence-electron chi connectivity index (χ2n) is 6.98. The molecule has 0 spiro atoms. The van der Waals surface area contributed by atoms with Crippen molar-refractivity contribution in [3.63, 3.8) is 0 Å². The lowest BCUT2D eigenvalue weighted by molar-refractivity contribution is -0.137. The van der Waals surface area contributed by atoms with E-state index in [-0.39, 0.29) is 17.3 Å². The Balaban J connectivity index is 1.54. The largest absolute Gasteiger partial charge is 0.416 e. The molecule has 0 radical (unpaired) electrons. The van der Waals surface area contributed by atoms with E-state index in [4.69, 9.17) is 10.5 Å². The minimum Gasteiger partial charge on any atom is -0.379 e. The maximum atomic E-state index is 12.9. The van der Waals surface area contributed by atoms with Gasteiger partial charge in [-0.3, -0.25) is 9.69 Å². The second kappa shape index (κ2) is 9.33. The molecule has 2 aromatic heterocycles. The maximum Gasteiger partial charge on any atom is 0.416 e. The lowest BCUT2D eigenvalue weighted by Crippen LogP contribution is -2.36. The molecule has 33 heavy (non-hydrogen) atoms. The molecule has 4 rings (SSSR count). The fourth-order valence-electron chi connectivity index (χ4n) is 3.08. The standard InChI is InChI=1S/C18H18F3N9O3/c19-18(20,21)12-3-1-11(2-4-12)9-23-25-17(31)14-13(10-29-5-7-32-8-6-29)24-28-30(14)16-15(22)26-33-27-16/h1-4,9H,5-8,10H2,(H2,22,26)(H,25,31). The number of halogens is 3. The summed E-state index contributed by atoms with van der Waals surface area (Å²) in [5.41, 5.74) is 7.96. The quantitative estimate of drug-likeness (QED) is 0.399. The van der Waals surface area contributed by atoms with Crippen LogP contribution in [0.3, 0.4) is 0 Å². The molecule has 3 N–H and O–H groups in total. The van der Waals surface area contributed by atoms with Crippen LogP contribution in [-0.2, 0) is 17.5 Å². The zero-order valence-corrected chi connectivity index (χ0v) is 17.0. The van der Waals surface area contributed by atoms with Crippen LogP contribution < -0.4 is 11.2 Å². The van der Waals surface area contributed by atoms with Crippen LogP contribution in [0.2, 0.25) is 0 Å². The third-order valence-electron chi connectivity index (χ3n) is 4.75. The Labute approximate surface area is 184 Å². The zero-order valence-electron chi connectivity index (χ0n) is 17.0. The van der Waals surface area contributed by atoms with Gasteiger partial charge in [0.15, 0.2) is 5.69 Å². The van der Waals surface area contributed by atoms with Crippen LogP contribution in [0.15, 0.2) is 34.0 Å². The normalized spacial score (nSPS) is 15.2. The number of anilines is 1. The predicted octanol–water partition coefficient (Wildman–Crippen LogP) is 0.847. The highest BCUT2D eigenvalue weighted by Gasteiger charge is 2.30. The number of nitrogens with zero attached hydrogens (tertiary/aromatic N) is 7. The molecule has 15 heteroatoms. The highest BCUT2D eigenvalue weighted by molar-refractivity contribution is 5.95. The number of benzene rings is 1. The number of hydrazone groups is 1. The van der Waals surface area contributed by atoms with Crippen molar-refractivity contribution in [1.82, 2.24) is 35.6 Å². The summed E-state index contributed by atoms with van der Waals surface area (Å²) in [6.45, 7) is 2.70. The SMILES string of the molecule is Nc1nonc1-n1nnc(CN2CCOCC2)c1C(=O)NN=Cc1ccc(C(F)(F)F)cc1. The highest BCUT2D eigenvalue weighted by Crippen LogP contribution is 2.28. The summed E-state index contributed by atoms with van der Waals surface area (Å²) in [6.07, 6.45) is -3.23. The summed E-state index contributed by atoms with van der Waals surface area (Å²) in [5, 5.41) is 19.0. The molecule has 3 heterocycles. The molecule has 1 amide bonds. The van der Waals surface area contributed by atoms with Gasteiger partial charge in [-0.15, -0.1) is 5.10 Å². The molecule has 174 valence electrons. The van der Waals surface area contributed by atoms with Gasteiger partial charge in [0, 0.05) is 19.6 Å². The molecule has 12 nitrogen and oxygen atoms in total. The first-order valence-electron chi connectivity index (χ1n) is 9.66. The monoisotopic (exact) mass is 465 g/mol. The minimum absolute atomic E-state index is 0.00783. The van der Waals surface area contributed by atoms with Crippen molar-refractivity contribution < 1.29 is 27.3 Å². The van der Waals surface area contributed by atoms with Gasteiger partial charge in [-0.25, -0.2) is 10.1 Å². The summed E-state index contributed by atoms with van der Waals surface area (Å²) >= 11 is 0. The average Bonchev–Trinajstić information content (AvgIpc) is 3.40. The predicted molar refractivity (Wildman–Crippen MR) is 106 cm³/mol. The van der Waals surface area contributed by atoms with Gasteiger partial charge in [-0.2, -0.15) is 23.0 Å². The number of ether oxygens (including phenoxy) is 1. The number of amides is 1. The molecule has 0 atom stereocenters. The van der Waals surface area contributed by atoms with Gasteiger partial charge >= 0.3 is 6.18 Å². The van der Waals surface area contributed by atoms with Gasteiger partial charge in [-0.1, -0.05) is 17.3 Å². The minimum atomic E-state index is -4.44. The summed E-state index contributed by atoms with van der Waals surface area (Å²) in [4.78, 5) is 15.0. The van der Waals surface area contributed by atoms with E-state index in [1.165, 1.54) is 18.3 Å². The smallest absolute Gasteiger partial charge is 0.379 e. The first kappa shape index (κ1) is 22.3. The number of carbonyl (C=O) groups excluding carboxylic acids is 1. The fraction of sp³-hybridized carbons (Fsp3) is 0.333. The van der Waals surface area contributed by atoms with Crippen molar-refractivity contribution in [2.24, 2.45) is 5.10 Å². The third-order valence-corrected chi connectivity index (χ3v) is 4.75. The molecule has 0 aliphatic carbocycles. The third kappa shape index (κ3) is 5.15. The Bertz CT molecular complexity index is 1140. The number of rotatable bonds is 6. The van der Waals surface area contributed by atoms with E-state index in [1.807, 2.05) is 4.90 Å². The lowest BCUT2D eigenvalue weighted by atomic mass is 10.1. The number of morpholine rings is 1. The molecule has 0 unspecified atom stereocenters. The molecule has 0 bridgehead atoms. The Hall–Kier alpha value is -3.85. The fourth-order valence-corrected chi connectivity index (χ4v) is 3.08. The number of carbonyl (C=O) groups is 1. The van der Waals surface area contributed by atoms with E-state index in [2.05, 4.69) is 35.8 Å². The lowest BCUT2D eigenvalue weighted by Gasteiger charge is -2.25. The number of nitrogens with one attached hydrogen (secondary N) is 1. The van der Waals surface area contributed by atoms with Gasteiger partial charge in [0.05, 0.1) is 25.0 Å². The van der Waals surface area contributed by atoms with E-state index in [0.29, 0.717) is 44.1 Å². The topological polar surface area (TPSA) is 150 Å². The Kier molecular flexibility index (Phi) is 6.32.